The Labute approximate surface area is 299 Å². The molecule has 0 bridgehead atoms. The molecule has 3 heterocycles. The van der Waals surface area contributed by atoms with Crippen LogP contribution in [-0.4, -0.2) is 85.5 Å². The molecule has 2 aromatic carbocycles. The number of carbonyl (C=O) groups is 3. The third kappa shape index (κ3) is 9.89. The van der Waals surface area contributed by atoms with Gasteiger partial charge < -0.3 is 29.2 Å². The summed E-state index contributed by atoms with van der Waals surface area (Å²) in [6.07, 6.45) is 8.32. The second kappa shape index (κ2) is 17.9. The van der Waals surface area contributed by atoms with E-state index in [9.17, 15) is 28.7 Å². The van der Waals surface area contributed by atoms with Crippen molar-refractivity contribution in [1.29, 1.82) is 0 Å². The van der Waals surface area contributed by atoms with Gasteiger partial charge in [-0.3, -0.25) is 23.9 Å². The van der Waals surface area contributed by atoms with Crippen LogP contribution in [0.5, 0.6) is 17.2 Å². The highest BCUT2D eigenvalue weighted by Crippen LogP contribution is 2.51. The van der Waals surface area contributed by atoms with Crippen molar-refractivity contribution in [1.82, 2.24) is 10.2 Å². The van der Waals surface area contributed by atoms with Crippen LogP contribution < -0.4 is 19.5 Å². The van der Waals surface area contributed by atoms with E-state index < -0.39 is 51.0 Å². The summed E-state index contributed by atoms with van der Waals surface area (Å²) in [5.41, 5.74) is 1.02. The van der Waals surface area contributed by atoms with E-state index in [1.54, 1.807) is 0 Å². The quantitative estimate of drug-likeness (QED) is 0.0798. The molecule has 2 fully saturated rings. The number of non-ortho nitro benzene ring substituents is 1. The predicted molar refractivity (Wildman–Crippen MR) is 191 cm³/mol. The number of nitrogens with zero attached hydrogens (tertiary/aromatic N) is 2. The van der Waals surface area contributed by atoms with E-state index in [-0.39, 0.29) is 28.0 Å². The molecule has 2 amide bonds. The number of rotatable bonds is 16. The van der Waals surface area contributed by atoms with Gasteiger partial charge in [-0.15, -0.1) is 11.8 Å². The lowest BCUT2D eigenvalue weighted by atomic mass is 9.96. The summed E-state index contributed by atoms with van der Waals surface area (Å²) in [6.45, 7) is 7.90. The number of nitro benzene ring substituents is 1. The molecule has 2 saturated heterocycles. The molecule has 50 heavy (non-hydrogen) atoms. The number of fused-ring (bicyclic) bond motifs is 2. The van der Waals surface area contributed by atoms with E-state index in [0.717, 1.165) is 30.1 Å². The molecule has 5 atom stereocenters. The zero-order valence-corrected chi connectivity index (χ0v) is 30.8. The smallest absolute Gasteiger partial charge is 0.330 e. The first kappa shape index (κ1) is 38.9. The maximum Gasteiger partial charge on any atom is 0.330 e. The first-order valence-corrected chi connectivity index (χ1v) is 19.1. The number of thioether (sulfide) groups is 1. The molecule has 15 heteroatoms. The molecule has 0 radical (unpaired) electrons. The number of amides is 2. The molecule has 0 aromatic heterocycles. The van der Waals surface area contributed by atoms with E-state index in [1.807, 2.05) is 32.0 Å². The number of ether oxygens (including phenoxy) is 4. The average molecular weight is 734 g/mol. The minimum atomic E-state index is -0.764. The summed E-state index contributed by atoms with van der Waals surface area (Å²) in [6, 6.07) is 9.99. The van der Waals surface area contributed by atoms with Crippen molar-refractivity contribution in [2.75, 3.05) is 26.3 Å². The van der Waals surface area contributed by atoms with E-state index in [2.05, 4.69) is 19.2 Å². The zero-order chi connectivity index (χ0) is 36.4. The van der Waals surface area contributed by atoms with Crippen molar-refractivity contribution in [2.24, 2.45) is 0 Å². The lowest BCUT2D eigenvalue weighted by molar-refractivity contribution is -0.384. The number of hydrogen-bond donors (Lipinski definition) is 1. The summed E-state index contributed by atoms with van der Waals surface area (Å²) in [4.78, 5) is 48.3. The van der Waals surface area contributed by atoms with Crippen molar-refractivity contribution < 1.29 is 42.5 Å². The van der Waals surface area contributed by atoms with Crippen LogP contribution in [0.4, 0.5) is 5.69 Å². The topological polar surface area (TPSA) is 164 Å². The zero-order valence-electron chi connectivity index (χ0n) is 29.2. The summed E-state index contributed by atoms with van der Waals surface area (Å²) in [7, 11) is 0.526. The van der Waals surface area contributed by atoms with Gasteiger partial charge in [-0.25, -0.2) is 4.79 Å². The highest BCUT2D eigenvalue weighted by Gasteiger charge is 2.64. The Bertz CT molecular complexity index is 1550. The van der Waals surface area contributed by atoms with Gasteiger partial charge in [0, 0.05) is 32.6 Å². The third-order valence-corrected chi connectivity index (χ3v) is 12.0. The van der Waals surface area contributed by atoms with Crippen LogP contribution in [0.2, 0.25) is 0 Å². The Kier molecular flexibility index (Phi) is 13.9. The van der Waals surface area contributed by atoms with Gasteiger partial charge in [-0.2, -0.15) is 0 Å². The highest BCUT2D eigenvalue weighted by atomic mass is 32.2. The fourth-order valence-electron chi connectivity index (χ4n) is 6.01. The molecule has 5 rings (SSSR count). The largest absolute Gasteiger partial charge is 0.484 e. The number of benzene rings is 2. The number of nitro groups is 1. The summed E-state index contributed by atoms with van der Waals surface area (Å²) >= 11 is 1.42. The first-order valence-electron chi connectivity index (χ1n) is 16.9. The van der Waals surface area contributed by atoms with Crippen molar-refractivity contribution >= 4 is 46.0 Å². The van der Waals surface area contributed by atoms with Gasteiger partial charge in [0.05, 0.1) is 18.1 Å². The lowest BCUT2D eigenvalue weighted by Crippen LogP contribution is -2.71. The molecule has 274 valence electrons. The SMILES string of the molecule is CCCCCCCCS(=O)C(C)Cc1ccc2c(c1)OCO2.COC(=O)[C@@H]1N2C(=O)C(NC(=O)COc3cccc([N+](=O)[O-])c3)[C@H]2SC1(C)C. The summed E-state index contributed by atoms with van der Waals surface area (Å²) in [5, 5.41) is 13.2. The Hall–Kier alpha value is -3.85. The normalized spacial score (nSPS) is 20.8. The van der Waals surface area contributed by atoms with Gasteiger partial charge in [0.15, 0.2) is 18.1 Å². The number of esters is 1. The van der Waals surface area contributed by atoms with Crippen LogP contribution in [0.15, 0.2) is 42.5 Å². The number of β-lactam (4-membered cyclic amide) rings is 1. The average Bonchev–Trinajstić information content (AvgIpc) is 3.67. The molecule has 3 unspecified atom stereocenters. The van der Waals surface area contributed by atoms with E-state index in [0.29, 0.717) is 6.79 Å². The standard InChI is InChI=1S/C18H28O3S.C17H19N3O7S/c1-3-4-5-6-7-8-11-22(19)15(2)12-16-9-10-17-18(13-16)21-14-20-17;1-17(2)13(16(23)26-3)19-14(22)12(15(19)28-17)18-11(21)8-27-10-6-4-5-9(7-10)20(24)25/h9-10,13,15H,3-8,11-12,14H2,1-2H3;4-7,12-13,15H,8H2,1-3H3,(H,18,21)/t;12?,13-,15+/m.0/s1. The van der Waals surface area contributed by atoms with Crippen LogP contribution in [0, 0.1) is 10.1 Å². The molecular formula is C35H47N3O10S2. The van der Waals surface area contributed by atoms with E-state index in [4.69, 9.17) is 18.9 Å². The summed E-state index contributed by atoms with van der Waals surface area (Å²) in [5.74, 6) is 1.24. The summed E-state index contributed by atoms with van der Waals surface area (Å²) < 4.78 is 32.6. The molecule has 3 aliphatic rings. The molecule has 13 nitrogen and oxygen atoms in total. The third-order valence-electron chi connectivity index (χ3n) is 8.69. The first-order chi connectivity index (χ1) is 23.9. The van der Waals surface area contributed by atoms with Crippen molar-refractivity contribution in [3.63, 3.8) is 0 Å². The van der Waals surface area contributed by atoms with Gasteiger partial charge in [0.1, 0.15) is 23.2 Å². The fourth-order valence-corrected chi connectivity index (χ4v) is 8.90. The molecule has 0 saturated carbocycles. The van der Waals surface area contributed by atoms with Crippen LogP contribution in [-0.2, 0) is 36.3 Å². The van der Waals surface area contributed by atoms with Crippen molar-refractivity contribution in [3.05, 3.63) is 58.1 Å². The van der Waals surface area contributed by atoms with Gasteiger partial charge in [0.25, 0.3) is 11.6 Å². The van der Waals surface area contributed by atoms with Gasteiger partial charge in [-0.05, 0) is 50.5 Å². The molecule has 1 N–H and O–H groups in total. The molecule has 2 aromatic rings. The number of unbranched alkanes of at least 4 members (excludes halogenated alkanes) is 5. The second-order valence-corrected chi connectivity index (χ2v) is 16.7. The van der Waals surface area contributed by atoms with E-state index >= 15 is 0 Å². The van der Waals surface area contributed by atoms with Gasteiger partial charge >= 0.3 is 5.97 Å². The maximum atomic E-state index is 12.5. The molecule has 0 aliphatic carbocycles. The molecular weight excluding hydrogens is 687 g/mol. The number of carbonyl (C=O) groups excluding carboxylic acids is 3. The van der Waals surface area contributed by atoms with Gasteiger partial charge in [-0.1, -0.05) is 58.1 Å². The maximum absolute atomic E-state index is 12.5. The van der Waals surface area contributed by atoms with Crippen LogP contribution >= 0.6 is 11.8 Å². The minimum Gasteiger partial charge on any atom is -0.484 e. The Morgan fingerprint density at radius 3 is 2.56 bits per heavy atom. The number of nitrogens with one attached hydrogen (secondary N) is 1. The Morgan fingerprint density at radius 1 is 1.12 bits per heavy atom. The molecule has 3 aliphatic heterocycles. The van der Waals surface area contributed by atoms with Crippen molar-refractivity contribution in [2.45, 2.75) is 100 Å². The predicted octanol–water partition coefficient (Wildman–Crippen LogP) is 5.15. The Morgan fingerprint density at radius 2 is 1.84 bits per heavy atom. The number of hydrogen-bond acceptors (Lipinski definition) is 11. The van der Waals surface area contributed by atoms with E-state index in [1.165, 1.54) is 85.7 Å². The van der Waals surface area contributed by atoms with Crippen LogP contribution in [0.1, 0.15) is 71.8 Å². The second-order valence-electron chi connectivity index (χ2n) is 12.9. The van der Waals surface area contributed by atoms with Crippen LogP contribution in [0.25, 0.3) is 0 Å². The minimum absolute atomic E-state index is 0.152. The number of methoxy groups -OCH3 is 1. The van der Waals surface area contributed by atoms with Crippen LogP contribution in [0.3, 0.4) is 0 Å². The highest BCUT2D eigenvalue weighted by molar-refractivity contribution is 8.01. The monoisotopic (exact) mass is 733 g/mol. The van der Waals surface area contributed by atoms with Gasteiger partial charge in [0.2, 0.25) is 12.7 Å². The Balaban J connectivity index is 0.000000232. The van der Waals surface area contributed by atoms with Crippen molar-refractivity contribution in [3.8, 4) is 17.2 Å². The molecule has 0 spiro atoms. The fraction of sp³-hybridized carbons (Fsp3) is 0.571. The lowest BCUT2D eigenvalue weighted by Gasteiger charge is -2.43.